The highest BCUT2D eigenvalue weighted by molar-refractivity contribution is 6.32. The van der Waals surface area contributed by atoms with E-state index in [-0.39, 0.29) is 24.1 Å². The number of nitrogens with zero attached hydrogens (tertiary/aromatic N) is 5. The zero-order chi connectivity index (χ0) is 22.4. The second-order valence-electron chi connectivity index (χ2n) is 7.00. The molecule has 0 amide bonds. The molecule has 31 heavy (non-hydrogen) atoms. The van der Waals surface area contributed by atoms with Crippen molar-refractivity contribution in [3.8, 4) is 11.4 Å². The van der Waals surface area contributed by atoms with Crippen LogP contribution in [0.1, 0.15) is 12.1 Å². The van der Waals surface area contributed by atoms with E-state index in [2.05, 4.69) is 9.72 Å². The highest BCUT2D eigenvalue weighted by Gasteiger charge is 2.21. The average molecular weight is 446 g/mol. The molecule has 0 aliphatic carbocycles. The molecule has 4 aromatic rings. The van der Waals surface area contributed by atoms with Crippen LogP contribution in [-0.2, 0) is 23.1 Å². The summed E-state index contributed by atoms with van der Waals surface area (Å²) in [5, 5.41) is 0.430. The number of carbonyl (C=O) groups is 1. The minimum Gasteiger partial charge on any atom is -0.495 e. The summed E-state index contributed by atoms with van der Waals surface area (Å²) in [6, 6.07) is 5.30. The molecule has 11 heteroatoms. The van der Waals surface area contributed by atoms with Crippen LogP contribution in [0.5, 0.6) is 5.75 Å². The summed E-state index contributed by atoms with van der Waals surface area (Å²) in [4.78, 5) is 42.0. The van der Waals surface area contributed by atoms with Gasteiger partial charge in [0.1, 0.15) is 5.75 Å². The van der Waals surface area contributed by atoms with Crippen molar-refractivity contribution in [2.75, 3.05) is 14.2 Å². The molecule has 10 nitrogen and oxygen atoms in total. The molecule has 0 saturated heterocycles. The van der Waals surface area contributed by atoms with Gasteiger partial charge in [0.05, 0.1) is 31.4 Å². The maximum absolute atomic E-state index is 13.2. The van der Waals surface area contributed by atoms with Gasteiger partial charge in [0, 0.05) is 25.5 Å². The quantitative estimate of drug-likeness (QED) is 0.433. The molecule has 162 valence electrons. The Morgan fingerprint density at radius 2 is 1.97 bits per heavy atom. The van der Waals surface area contributed by atoms with E-state index < -0.39 is 17.2 Å². The van der Waals surface area contributed by atoms with Gasteiger partial charge in [0.2, 0.25) is 5.78 Å². The van der Waals surface area contributed by atoms with E-state index in [0.29, 0.717) is 16.5 Å². The Morgan fingerprint density at radius 3 is 2.61 bits per heavy atom. The minimum atomic E-state index is -0.557. The van der Waals surface area contributed by atoms with Crippen molar-refractivity contribution in [1.82, 2.24) is 23.1 Å². The Morgan fingerprint density at radius 1 is 1.23 bits per heavy atom. The molecule has 0 N–H and O–H groups in total. The van der Waals surface area contributed by atoms with E-state index in [9.17, 15) is 14.4 Å². The number of rotatable bonds is 5. The number of methoxy groups -OCH3 is 2. The molecule has 3 aromatic heterocycles. The number of halogens is 1. The summed E-state index contributed by atoms with van der Waals surface area (Å²) in [5.74, 6) is 0.480. The fraction of sp³-hybridized carbons (Fsp3) is 0.300. The Balaban J connectivity index is 1.98. The van der Waals surface area contributed by atoms with Gasteiger partial charge in [0.15, 0.2) is 11.2 Å². The first-order chi connectivity index (χ1) is 14.8. The van der Waals surface area contributed by atoms with Crippen LogP contribution >= 0.6 is 11.6 Å². The zero-order valence-corrected chi connectivity index (χ0v) is 18.1. The highest BCUT2D eigenvalue weighted by atomic mass is 35.5. The molecule has 0 saturated carbocycles. The average Bonchev–Trinajstić information content (AvgIpc) is 3.26. The van der Waals surface area contributed by atoms with E-state index >= 15 is 0 Å². The number of fused-ring (bicyclic) bond motifs is 3. The second-order valence-corrected chi connectivity index (χ2v) is 7.41. The predicted molar refractivity (Wildman–Crippen MR) is 114 cm³/mol. The first-order valence-electron chi connectivity index (χ1n) is 9.39. The van der Waals surface area contributed by atoms with Gasteiger partial charge in [-0.3, -0.25) is 27.7 Å². The highest BCUT2D eigenvalue weighted by Crippen LogP contribution is 2.29. The van der Waals surface area contributed by atoms with E-state index in [4.69, 9.17) is 16.3 Å². The molecule has 0 radical (unpaired) electrons. The fourth-order valence-electron chi connectivity index (χ4n) is 3.63. The van der Waals surface area contributed by atoms with Crippen LogP contribution in [0.3, 0.4) is 0 Å². The molecule has 0 unspecified atom stereocenters. The monoisotopic (exact) mass is 445 g/mol. The second kappa shape index (κ2) is 7.62. The Labute approximate surface area is 180 Å². The van der Waals surface area contributed by atoms with Crippen molar-refractivity contribution in [2.45, 2.75) is 19.9 Å². The van der Waals surface area contributed by atoms with E-state index in [1.54, 1.807) is 22.7 Å². The number of esters is 1. The number of hydrogen-bond donors (Lipinski definition) is 0. The first-order valence-corrected chi connectivity index (χ1v) is 9.77. The summed E-state index contributed by atoms with van der Waals surface area (Å²) in [6.07, 6.45) is 1.67. The number of hydrogen-bond acceptors (Lipinski definition) is 6. The molecule has 0 fully saturated rings. The Kier molecular flexibility index (Phi) is 5.10. The van der Waals surface area contributed by atoms with Gasteiger partial charge in [-0.2, -0.15) is 4.98 Å². The summed E-state index contributed by atoms with van der Waals surface area (Å²) in [5.41, 5.74) is 0.929. The number of aryl methyl sites for hydroxylation is 2. The number of carbonyl (C=O) groups excluding carboxylic acids is 1. The minimum absolute atomic E-state index is 0.0882. The van der Waals surface area contributed by atoms with Gasteiger partial charge in [-0.25, -0.2) is 4.79 Å². The molecule has 0 aliphatic heterocycles. The lowest BCUT2D eigenvalue weighted by Gasteiger charge is -2.09. The summed E-state index contributed by atoms with van der Waals surface area (Å²) >= 11 is 6.29. The standard InChI is InChI=1S/C20H20ClN5O5/c1-11-10-25-16-17(23(2)20(29)24(18(16)28)8-7-15(27)31-4)22-19(25)26(11)12-5-6-14(30-3)13(21)9-12/h5-6,9-10H,7-8H2,1-4H3. The number of benzene rings is 1. The lowest BCUT2D eigenvalue weighted by molar-refractivity contribution is -0.140. The molecule has 0 bridgehead atoms. The van der Waals surface area contributed by atoms with Crippen LogP contribution < -0.4 is 16.0 Å². The molecule has 4 rings (SSSR count). The summed E-state index contributed by atoms with van der Waals surface area (Å²) < 4.78 is 15.6. The SMILES string of the molecule is COC(=O)CCn1c(=O)c2c(nc3n(-c4ccc(OC)c(Cl)c4)c(C)cn23)n(C)c1=O. The smallest absolute Gasteiger partial charge is 0.332 e. The van der Waals surface area contributed by atoms with Gasteiger partial charge in [-0.1, -0.05) is 11.6 Å². The Hall–Kier alpha value is -3.53. The normalized spacial score (nSPS) is 11.4. The third kappa shape index (κ3) is 3.19. The van der Waals surface area contributed by atoms with Crippen LogP contribution in [0.25, 0.3) is 22.6 Å². The van der Waals surface area contributed by atoms with Gasteiger partial charge in [-0.15, -0.1) is 0 Å². The lowest BCUT2D eigenvalue weighted by atomic mass is 10.3. The van der Waals surface area contributed by atoms with Crippen molar-refractivity contribution in [3.63, 3.8) is 0 Å². The van der Waals surface area contributed by atoms with Crippen molar-refractivity contribution in [3.05, 3.63) is 56.0 Å². The molecule has 3 heterocycles. The Bertz CT molecular complexity index is 1460. The van der Waals surface area contributed by atoms with Crippen molar-refractivity contribution >= 4 is 34.5 Å². The summed E-state index contributed by atoms with van der Waals surface area (Å²) in [7, 11) is 4.32. The van der Waals surface area contributed by atoms with E-state index in [1.165, 1.54) is 25.8 Å². The van der Waals surface area contributed by atoms with Crippen LogP contribution in [0.4, 0.5) is 0 Å². The summed E-state index contributed by atoms with van der Waals surface area (Å²) in [6.45, 7) is 1.78. The molecule has 0 spiro atoms. The third-order valence-corrected chi connectivity index (χ3v) is 5.48. The zero-order valence-electron chi connectivity index (χ0n) is 17.4. The predicted octanol–water partition coefficient (Wildman–Crippen LogP) is 1.67. The maximum atomic E-state index is 13.2. The van der Waals surface area contributed by atoms with Crippen LogP contribution in [0.2, 0.25) is 5.02 Å². The van der Waals surface area contributed by atoms with Gasteiger partial charge < -0.3 is 9.47 Å². The van der Waals surface area contributed by atoms with Crippen LogP contribution in [0.15, 0.2) is 34.0 Å². The van der Waals surface area contributed by atoms with Gasteiger partial charge >= 0.3 is 11.7 Å². The van der Waals surface area contributed by atoms with Crippen molar-refractivity contribution in [1.29, 1.82) is 0 Å². The van der Waals surface area contributed by atoms with Crippen molar-refractivity contribution < 1.29 is 14.3 Å². The third-order valence-electron chi connectivity index (χ3n) is 5.19. The number of ether oxygens (including phenoxy) is 2. The maximum Gasteiger partial charge on any atom is 0.332 e. The molecule has 0 atom stereocenters. The van der Waals surface area contributed by atoms with Crippen LogP contribution in [-0.4, -0.2) is 43.3 Å². The molecule has 0 aliphatic rings. The molecular formula is C20H20ClN5O5. The molecule has 1 aromatic carbocycles. The first kappa shape index (κ1) is 20.7. The van der Waals surface area contributed by atoms with Gasteiger partial charge in [-0.05, 0) is 25.1 Å². The molecular weight excluding hydrogens is 426 g/mol. The van der Waals surface area contributed by atoms with Gasteiger partial charge in [0.25, 0.3) is 5.56 Å². The lowest BCUT2D eigenvalue weighted by Crippen LogP contribution is -2.39. The number of aromatic nitrogens is 5. The number of imidazole rings is 2. The van der Waals surface area contributed by atoms with E-state index in [0.717, 1.165) is 15.9 Å². The largest absolute Gasteiger partial charge is 0.495 e. The van der Waals surface area contributed by atoms with Crippen LogP contribution in [0, 0.1) is 6.92 Å². The fourth-order valence-corrected chi connectivity index (χ4v) is 3.88. The van der Waals surface area contributed by atoms with Crippen molar-refractivity contribution in [2.24, 2.45) is 7.05 Å². The van der Waals surface area contributed by atoms with E-state index in [1.807, 2.05) is 17.6 Å². The topological polar surface area (TPSA) is 102 Å².